The fourth-order valence-electron chi connectivity index (χ4n) is 4.77. The quantitative estimate of drug-likeness (QED) is 0.0938. The van der Waals surface area contributed by atoms with Gasteiger partial charge in [0.1, 0.15) is 11.6 Å². The smallest absolute Gasteiger partial charge is 0.267 e. The number of unbranched alkanes of at least 4 members (excludes halogenated alkanes) is 1. The van der Waals surface area contributed by atoms with Gasteiger partial charge in [-0.1, -0.05) is 70.9 Å². The van der Waals surface area contributed by atoms with Crippen molar-refractivity contribution in [1.29, 1.82) is 5.26 Å². The Morgan fingerprint density at radius 2 is 1.63 bits per heavy atom. The van der Waals surface area contributed by atoms with Crippen LogP contribution in [0.1, 0.15) is 79.7 Å². The van der Waals surface area contributed by atoms with Gasteiger partial charge in [0.25, 0.3) is 10.0 Å². The SMILES string of the molecule is CCC/C=C(/C=C\N=C(C)SC)C(=C(\C(C#N)=C(/C)C(C)CC)c1cccc(NS(=O)(=O)c2c(F)cccc2F)c1F)\C(C)CC. The van der Waals surface area contributed by atoms with Crippen LogP contribution >= 0.6 is 11.8 Å². The lowest BCUT2D eigenvalue weighted by atomic mass is 9.79. The molecule has 0 aliphatic rings. The van der Waals surface area contributed by atoms with E-state index in [1.807, 2.05) is 71.6 Å². The number of benzene rings is 2. The summed E-state index contributed by atoms with van der Waals surface area (Å²) in [6.07, 6.45) is 10.5. The number of sulfonamides is 1. The van der Waals surface area contributed by atoms with E-state index in [4.69, 9.17) is 0 Å². The zero-order valence-electron chi connectivity index (χ0n) is 27.8. The molecule has 2 aromatic rings. The van der Waals surface area contributed by atoms with Gasteiger partial charge in [-0.05, 0) is 86.6 Å². The van der Waals surface area contributed by atoms with Crippen LogP contribution in [0.15, 0.2) is 86.9 Å². The van der Waals surface area contributed by atoms with Gasteiger partial charge in [-0.3, -0.25) is 9.71 Å². The van der Waals surface area contributed by atoms with Gasteiger partial charge in [-0.15, -0.1) is 11.8 Å². The average molecular weight is 672 g/mol. The highest BCUT2D eigenvalue weighted by atomic mass is 32.2. The third-order valence-electron chi connectivity index (χ3n) is 7.95. The number of nitrogens with zero attached hydrogens (tertiary/aromatic N) is 2. The molecule has 46 heavy (non-hydrogen) atoms. The van der Waals surface area contributed by atoms with Gasteiger partial charge >= 0.3 is 0 Å². The number of thioether (sulfide) groups is 1. The monoisotopic (exact) mass is 671 g/mol. The molecule has 0 amide bonds. The zero-order valence-corrected chi connectivity index (χ0v) is 29.5. The van der Waals surface area contributed by atoms with E-state index < -0.39 is 38.1 Å². The minimum atomic E-state index is -4.86. The maximum Gasteiger partial charge on any atom is 0.267 e. The van der Waals surface area contributed by atoms with Crippen LogP contribution in [0.4, 0.5) is 18.9 Å². The first-order chi connectivity index (χ1) is 21.8. The number of nitrogens with one attached hydrogen (secondary N) is 1. The van der Waals surface area contributed by atoms with Crippen LogP contribution in [0.2, 0.25) is 0 Å². The normalized spacial score (nSPS) is 15.3. The number of allylic oxidation sites excluding steroid dienone is 7. The highest BCUT2D eigenvalue weighted by molar-refractivity contribution is 8.13. The van der Waals surface area contributed by atoms with Gasteiger partial charge in [0.15, 0.2) is 10.7 Å². The molecular weight excluding hydrogens is 628 g/mol. The average Bonchev–Trinajstić information content (AvgIpc) is 3.02. The molecular formula is C36H44F3N3O2S2. The molecule has 2 rings (SSSR count). The molecule has 0 saturated carbocycles. The number of nitriles is 1. The minimum absolute atomic E-state index is 0.0101. The topological polar surface area (TPSA) is 82.3 Å². The van der Waals surface area contributed by atoms with Crippen molar-refractivity contribution in [3.8, 4) is 6.07 Å². The summed E-state index contributed by atoms with van der Waals surface area (Å²) in [6.45, 7) is 13.8. The van der Waals surface area contributed by atoms with Crippen LogP contribution in [0.25, 0.3) is 5.57 Å². The Balaban J connectivity index is 3.11. The van der Waals surface area contributed by atoms with E-state index >= 15 is 4.39 Å². The second-order valence-corrected chi connectivity index (χ2v) is 13.6. The summed E-state index contributed by atoms with van der Waals surface area (Å²) in [5, 5.41) is 11.5. The molecule has 248 valence electrons. The summed E-state index contributed by atoms with van der Waals surface area (Å²) in [5.41, 5.74) is 2.34. The Morgan fingerprint density at radius 1 is 1.02 bits per heavy atom. The minimum Gasteiger partial charge on any atom is -0.276 e. The molecule has 0 fully saturated rings. The molecule has 2 atom stereocenters. The third kappa shape index (κ3) is 9.49. The largest absolute Gasteiger partial charge is 0.276 e. The van der Waals surface area contributed by atoms with E-state index in [2.05, 4.69) is 11.1 Å². The van der Waals surface area contributed by atoms with Gasteiger partial charge in [-0.2, -0.15) is 5.26 Å². The van der Waals surface area contributed by atoms with Crippen molar-refractivity contribution >= 4 is 38.1 Å². The van der Waals surface area contributed by atoms with Crippen LogP contribution in [0.5, 0.6) is 0 Å². The van der Waals surface area contributed by atoms with Crippen molar-refractivity contribution in [1.82, 2.24) is 0 Å². The molecule has 0 aliphatic carbocycles. The summed E-state index contributed by atoms with van der Waals surface area (Å²) in [5.74, 6) is -3.75. The first-order valence-electron chi connectivity index (χ1n) is 15.4. The van der Waals surface area contributed by atoms with Gasteiger partial charge in [0.2, 0.25) is 0 Å². The highest BCUT2D eigenvalue weighted by Crippen LogP contribution is 2.41. The molecule has 10 heteroatoms. The molecule has 0 radical (unpaired) electrons. The Hall–Kier alpha value is -3.55. The Morgan fingerprint density at radius 3 is 2.17 bits per heavy atom. The van der Waals surface area contributed by atoms with Gasteiger partial charge in [-0.25, -0.2) is 21.6 Å². The van der Waals surface area contributed by atoms with Crippen molar-refractivity contribution in [2.75, 3.05) is 11.0 Å². The van der Waals surface area contributed by atoms with Crippen molar-refractivity contribution in [2.24, 2.45) is 16.8 Å². The standard InChI is InChI=1S/C36H44F3N3O2S2/c1-9-12-15-27(20-21-41-26(7)45-8)33(24(5)11-3)34(29(22-40)25(6)23(4)10-2)28-16-13-19-32(35(28)39)42-46(43,44)36-30(37)17-14-18-31(36)38/h13-21,23-24,42H,9-12H2,1-8H3/b21-20-,27-15-,29-25+,34-33+,41-26?. The van der Waals surface area contributed by atoms with E-state index in [0.29, 0.717) is 24.0 Å². The second-order valence-electron chi connectivity index (χ2n) is 11.0. The third-order valence-corrected chi connectivity index (χ3v) is 10.1. The summed E-state index contributed by atoms with van der Waals surface area (Å²) in [4.78, 5) is 3.28. The Kier molecular flexibility index (Phi) is 15.1. The molecule has 0 spiro atoms. The van der Waals surface area contributed by atoms with Crippen molar-refractivity contribution < 1.29 is 21.6 Å². The first kappa shape index (κ1) is 38.6. The van der Waals surface area contributed by atoms with Gasteiger partial charge in [0, 0.05) is 17.3 Å². The van der Waals surface area contributed by atoms with Gasteiger partial charge < -0.3 is 0 Å². The molecule has 1 N–H and O–H groups in total. The van der Waals surface area contributed by atoms with Gasteiger partial charge in [0.05, 0.1) is 22.4 Å². The summed E-state index contributed by atoms with van der Waals surface area (Å²) >= 11 is 1.51. The van der Waals surface area contributed by atoms with Crippen LogP contribution in [0, 0.1) is 40.6 Å². The Labute approximate surface area is 277 Å². The lowest BCUT2D eigenvalue weighted by molar-refractivity contribution is 0.521. The fraction of sp³-hybridized carbons (Fsp3) is 0.389. The molecule has 0 heterocycles. The summed E-state index contributed by atoms with van der Waals surface area (Å²) < 4.78 is 74.0. The van der Waals surface area contributed by atoms with Crippen molar-refractivity contribution in [3.63, 3.8) is 0 Å². The fourth-order valence-corrected chi connectivity index (χ4v) is 6.13. The number of rotatable bonds is 14. The van der Waals surface area contributed by atoms with Crippen LogP contribution in [0.3, 0.4) is 0 Å². The molecule has 5 nitrogen and oxygen atoms in total. The summed E-state index contributed by atoms with van der Waals surface area (Å²) in [6, 6.07) is 9.13. The molecule has 2 unspecified atom stereocenters. The number of halogens is 3. The zero-order chi connectivity index (χ0) is 34.6. The molecule has 0 aliphatic heterocycles. The van der Waals surface area contributed by atoms with Crippen molar-refractivity contribution in [3.05, 3.63) is 100 Å². The molecule has 2 aromatic carbocycles. The van der Waals surface area contributed by atoms with E-state index in [-0.39, 0.29) is 23.0 Å². The predicted octanol–water partition coefficient (Wildman–Crippen LogP) is 10.6. The Bertz CT molecular complexity index is 1680. The van der Waals surface area contributed by atoms with Crippen LogP contribution < -0.4 is 4.72 Å². The highest BCUT2D eigenvalue weighted by Gasteiger charge is 2.29. The maximum atomic E-state index is 16.7. The molecule has 0 aromatic heterocycles. The van der Waals surface area contributed by atoms with E-state index in [9.17, 15) is 22.5 Å². The second kappa shape index (κ2) is 18.0. The number of anilines is 1. The predicted molar refractivity (Wildman–Crippen MR) is 186 cm³/mol. The van der Waals surface area contributed by atoms with Crippen LogP contribution in [-0.2, 0) is 10.0 Å². The molecule has 0 saturated heterocycles. The number of aliphatic imine (C=N–C) groups is 1. The lowest BCUT2D eigenvalue weighted by Gasteiger charge is -2.25. The number of hydrogen-bond acceptors (Lipinski definition) is 5. The maximum absolute atomic E-state index is 16.7. The van der Waals surface area contributed by atoms with Crippen molar-refractivity contribution in [2.45, 2.75) is 79.0 Å². The summed E-state index contributed by atoms with van der Waals surface area (Å²) in [7, 11) is -4.86. The van der Waals surface area contributed by atoms with E-state index in [1.54, 1.807) is 6.20 Å². The molecule has 0 bridgehead atoms. The lowest BCUT2D eigenvalue weighted by Crippen LogP contribution is -2.18. The first-order valence-corrected chi connectivity index (χ1v) is 18.1. The number of hydrogen-bond donors (Lipinski definition) is 1. The van der Waals surface area contributed by atoms with E-state index in [1.165, 1.54) is 30.0 Å². The van der Waals surface area contributed by atoms with Crippen LogP contribution in [-0.4, -0.2) is 19.7 Å². The van der Waals surface area contributed by atoms with E-state index in [0.717, 1.165) is 47.2 Å².